The number of phenolic OH excluding ortho intramolecular Hbond substituents is 1. The first-order chi connectivity index (χ1) is 9.49. The number of phenols is 1. The number of nitrogens with zero attached hydrogens (tertiary/aromatic N) is 1. The van der Waals surface area contributed by atoms with Crippen molar-refractivity contribution < 1.29 is 19.9 Å². The van der Waals surface area contributed by atoms with Crippen LogP contribution < -0.4 is 0 Å². The van der Waals surface area contributed by atoms with Crippen molar-refractivity contribution in [2.75, 3.05) is 0 Å². The van der Waals surface area contributed by atoms with E-state index in [-0.39, 0.29) is 23.4 Å². The molecular formula is C14H11NO5. The summed E-state index contributed by atoms with van der Waals surface area (Å²) in [5, 5.41) is 29.5. The van der Waals surface area contributed by atoms with E-state index in [0.717, 1.165) is 6.07 Å². The SMILES string of the molecule is O=C(O)c1ccc(Cc2ccccc2[N+](=O)[O-])c(O)c1. The van der Waals surface area contributed by atoms with Crippen molar-refractivity contribution in [3.05, 3.63) is 69.3 Å². The Balaban J connectivity index is 2.36. The van der Waals surface area contributed by atoms with E-state index in [0.29, 0.717) is 11.1 Å². The highest BCUT2D eigenvalue weighted by Crippen LogP contribution is 2.26. The Hall–Kier alpha value is -2.89. The molecule has 0 aromatic heterocycles. The van der Waals surface area contributed by atoms with Crippen molar-refractivity contribution in [1.82, 2.24) is 0 Å². The molecule has 0 aliphatic carbocycles. The standard InChI is InChI=1S/C14H11NO5/c16-13-8-11(14(17)18)6-5-10(13)7-9-3-1-2-4-12(9)15(19)20/h1-6,8,16H,7H2,(H,17,18). The van der Waals surface area contributed by atoms with Crippen molar-refractivity contribution in [3.63, 3.8) is 0 Å². The average Bonchev–Trinajstić information content (AvgIpc) is 2.41. The Morgan fingerprint density at radius 3 is 2.45 bits per heavy atom. The Morgan fingerprint density at radius 2 is 1.85 bits per heavy atom. The van der Waals surface area contributed by atoms with Crippen LogP contribution in [0.3, 0.4) is 0 Å². The maximum absolute atomic E-state index is 10.9. The number of carboxylic acids is 1. The minimum atomic E-state index is -1.14. The number of benzene rings is 2. The summed E-state index contributed by atoms with van der Waals surface area (Å²) in [6.07, 6.45) is 0.156. The first-order valence-corrected chi connectivity index (χ1v) is 5.76. The van der Waals surface area contributed by atoms with Crippen LogP contribution in [0, 0.1) is 10.1 Å². The van der Waals surface area contributed by atoms with Crippen LogP contribution in [-0.2, 0) is 6.42 Å². The Labute approximate surface area is 114 Å². The summed E-state index contributed by atoms with van der Waals surface area (Å²) in [7, 11) is 0. The van der Waals surface area contributed by atoms with E-state index in [1.807, 2.05) is 0 Å². The van der Waals surface area contributed by atoms with Crippen molar-refractivity contribution in [2.45, 2.75) is 6.42 Å². The predicted octanol–water partition coefficient (Wildman–Crippen LogP) is 2.59. The molecule has 0 unspecified atom stereocenters. The van der Waals surface area contributed by atoms with E-state index in [1.165, 1.54) is 18.2 Å². The highest BCUT2D eigenvalue weighted by atomic mass is 16.6. The number of rotatable bonds is 4. The normalized spacial score (nSPS) is 10.2. The van der Waals surface area contributed by atoms with Gasteiger partial charge in [-0.1, -0.05) is 24.3 Å². The van der Waals surface area contributed by atoms with Crippen LogP contribution in [-0.4, -0.2) is 21.1 Å². The van der Waals surface area contributed by atoms with Crippen LogP contribution in [0.2, 0.25) is 0 Å². The van der Waals surface area contributed by atoms with Crippen molar-refractivity contribution in [3.8, 4) is 5.75 Å². The first-order valence-electron chi connectivity index (χ1n) is 5.76. The molecule has 20 heavy (non-hydrogen) atoms. The molecule has 2 aromatic carbocycles. The smallest absolute Gasteiger partial charge is 0.335 e. The number of carboxylic acid groups (broad SMARTS) is 1. The van der Waals surface area contributed by atoms with E-state index in [4.69, 9.17) is 5.11 Å². The summed E-state index contributed by atoms with van der Waals surface area (Å²) in [4.78, 5) is 21.2. The van der Waals surface area contributed by atoms with Gasteiger partial charge in [-0.05, 0) is 17.7 Å². The van der Waals surface area contributed by atoms with Crippen LogP contribution in [0.4, 0.5) is 5.69 Å². The molecule has 2 rings (SSSR count). The number of carbonyl (C=O) groups is 1. The second-order valence-corrected chi connectivity index (χ2v) is 4.21. The number of hydrogen-bond acceptors (Lipinski definition) is 4. The summed E-state index contributed by atoms with van der Waals surface area (Å²) >= 11 is 0. The van der Waals surface area contributed by atoms with Crippen LogP contribution >= 0.6 is 0 Å². The Kier molecular flexibility index (Phi) is 3.65. The second kappa shape index (κ2) is 5.40. The topological polar surface area (TPSA) is 101 Å². The fourth-order valence-electron chi connectivity index (χ4n) is 1.89. The van der Waals surface area contributed by atoms with E-state index in [1.54, 1.807) is 18.2 Å². The van der Waals surface area contributed by atoms with Crippen LogP contribution in [0.15, 0.2) is 42.5 Å². The summed E-state index contributed by atoms with van der Waals surface area (Å²) in [6.45, 7) is 0. The maximum Gasteiger partial charge on any atom is 0.335 e. The molecule has 2 N–H and O–H groups in total. The zero-order valence-corrected chi connectivity index (χ0v) is 10.3. The summed E-state index contributed by atoms with van der Waals surface area (Å²) in [5.41, 5.74) is 0.822. The van der Waals surface area contributed by atoms with Gasteiger partial charge in [0.05, 0.1) is 10.5 Å². The number of para-hydroxylation sites is 1. The number of nitro benzene ring substituents is 1. The van der Waals surface area contributed by atoms with Crippen LogP contribution in [0.5, 0.6) is 5.75 Å². The van der Waals surface area contributed by atoms with Gasteiger partial charge in [0.25, 0.3) is 5.69 Å². The molecule has 0 aliphatic heterocycles. The molecule has 0 bridgehead atoms. The lowest BCUT2D eigenvalue weighted by atomic mass is 10.0. The molecule has 0 atom stereocenters. The third-order valence-corrected chi connectivity index (χ3v) is 2.90. The second-order valence-electron chi connectivity index (χ2n) is 4.21. The van der Waals surface area contributed by atoms with E-state index < -0.39 is 10.9 Å². The molecule has 0 spiro atoms. The minimum Gasteiger partial charge on any atom is -0.508 e. The average molecular weight is 273 g/mol. The van der Waals surface area contributed by atoms with E-state index in [9.17, 15) is 20.0 Å². The van der Waals surface area contributed by atoms with E-state index >= 15 is 0 Å². The Morgan fingerprint density at radius 1 is 1.15 bits per heavy atom. The summed E-state index contributed by atoms with van der Waals surface area (Å²) in [5.74, 6) is -1.33. The monoisotopic (exact) mass is 273 g/mol. The molecule has 0 saturated carbocycles. The molecule has 0 heterocycles. The largest absolute Gasteiger partial charge is 0.508 e. The Bertz CT molecular complexity index is 681. The van der Waals surface area contributed by atoms with Crippen LogP contribution in [0.25, 0.3) is 0 Å². The zero-order valence-electron chi connectivity index (χ0n) is 10.3. The molecular weight excluding hydrogens is 262 g/mol. The molecule has 0 aliphatic rings. The van der Waals surface area contributed by atoms with Gasteiger partial charge in [-0.3, -0.25) is 10.1 Å². The molecule has 0 amide bonds. The third-order valence-electron chi connectivity index (χ3n) is 2.90. The van der Waals surface area contributed by atoms with E-state index in [2.05, 4.69) is 0 Å². The number of nitro groups is 1. The molecule has 102 valence electrons. The number of aromatic carboxylic acids is 1. The van der Waals surface area contributed by atoms with Gasteiger partial charge in [-0.25, -0.2) is 4.79 Å². The molecule has 0 radical (unpaired) electrons. The van der Waals surface area contributed by atoms with Crippen LogP contribution in [0.1, 0.15) is 21.5 Å². The lowest BCUT2D eigenvalue weighted by molar-refractivity contribution is -0.385. The third kappa shape index (κ3) is 2.74. The minimum absolute atomic E-state index is 0.0331. The molecule has 6 heteroatoms. The fraction of sp³-hybridized carbons (Fsp3) is 0.0714. The maximum atomic E-state index is 10.9. The van der Waals surface area contributed by atoms with Gasteiger partial charge in [0.15, 0.2) is 0 Å². The lowest BCUT2D eigenvalue weighted by Crippen LogP contribution is -1.99. The molecule has 0 fully saturated rings. The summed E-state index contributed by atoms with van der Waals surface area (Å²) < 4.78 is 0. The molecule has 0 saturated heterocycles. The number of hydrogen-bond donors (Lipinski definition) is 2. The predicted molar refractivity (Wildman–Crippen MR) is 71.0 cm³/mol. The highest BCUT2D eigenvalue weighted by molar-refractivity contribution is 5.88. The molecule has 2 aromatic rings. The van der Waals surface area contributed by atoms with Gasteiger partial charge in [0, 0.05) is 18.1 Å². The van der Waals surface area contributed by atoms with Gasteiger partial charge in [-0.2, -0.15) is 0 Å². The zero-order chi connectivity index (χ0) is 14.7. The van der Waals surface area contributed by atoms with Gasteiger partial charge in [0.2, 0.25) is 0 Å². The fourth-order valence-corrected chi connectivity index (χ4v) is 1.89. The molecule has 6 nitrogen and oxygen atoms in total. The van der Waals surface area contributed by atoms with Gasteiger partial charge < -0.3 is 10.2 Å². The van der Waals surface area contributed by atoms with Crippen molar-refractivity contribution in [1.29, 1.82) is 0 Å². The van der Waals surface area contributed by atoms with Gasteiger partial charge in [-0.15, -0.1) is 0 Å². The van der Waals surface area contributed by atoms with Gasteiger partial charge >= 0.3 is 5.97 Å². The quantitative estimate of drug-likeness (QED) is 0.658. The first kappa shape index (κ1) is 13.5. The number of aromatic hydroxyl groups is 1. The lowest BCUT2D eigenvalue weighted by Gasteiger charge is -2.06. The summed E-state index contributed by atoms with van der Waals surface area (Å²) in [6, 6.07) is 10.2. The van der Waals surface area contributed by atoms with Gasteiger partial charge in [0.1, 0.15) is 5.75 Å². The van der Waals surface area contributed by atoms with Crippen molar-refractivity contribution in [2.24, 2.45) is 0 Å². The highest BCUT2D eigenvalue weighted by Gasteiger charge is 2.15. The van der Waals surface area contributed by atoms with Crippen molar-refractivity contribution >= 4 is 11.7 Å².